The van der Waals surface area contributed by atoms with Crippen LogP contribution in [0.2, 0.25) is 0 Å². The highest BCUT2D eigenvalue weighted by Crippen LogP contribution is 2.29. The maximum atomic E-state index is 12.8. The molecule has 10 heteroatoms. The van der Waals surface area contributed by atoms with Crippen molar-refractivity contribution in [3.8, 4) is 5.69 Å². The number of benzene rings is 1. The topological polar surface area (TPSA) is 57.9 Å². The fraction of sp³-hybridized carbons (Fsp3) is 0.389. The maximum absolute atomic E-state index is 12.8. The Morgan fingerprint density at radius 2 is 1.61 bits per heavy atom. The SMILES string of the molecule is CC(=O)N1CCN(C(=O)N=c2sc(C)cn2-c2ccc(C(F)(F)F)cc2)CC1. The molecule has 2 heterocycles. The standard InChI is InChI=1S/C18H19F3N4O2S/c1-12-11-25(15-5-3-14(4-6-15)18(19,20)21)17(28-12)22-16(27)24-9-7-23(8-10-24)13(2)26/h3-6,11H,7-10H2,1-2H3. The average molecular weight is 412 g/mol. The molecule has 3 rings (SSSR count). The third kappa shape index (κ3) is 4.44. The Morgan fingerprint density at radius 3 is 2.14 bits per heavy atom. The number of hydrogen-bond donors (Lipinski definition) is 0. The minimum absolute atomic E-state index is 0.0296. The highest BCUT2D eigenvalue weighted by atomic mass is 32.1. The largest absolute Gasteiger partial charge is 0.416 e. The number of hydrogen-bond acceptors (Lipinski definition) is 3. The molecule has 0 aliphatic carbocycles. The fourth-order valence-electron chi connectivity index (χ4n) is 2.89. The molecule has 1 aromatic carbocycles. The summed E-state index contributed by atoms with van der Waals surface area (Å²) >= 11 is 1.28. The zero-order chi connectivity index (χ0) is 20.5. The molecule has 0 atom stereocenters. The Balaban J connectivity index is 1.84. The summed E-state index contributed by atoms with van der Waals surface area (Å²) in [5.74, 6) is -0.0296. The molecular formula is C18H19F3N4O2S. The smallest absolute Gasteiger partial charge is 0.339 e. The predicted octanol–water partition coefficient (Wildman–Crippen LogP) is 3.05. The molecule has 0 bridgehead atoms. The lowest BCUT2D eigenvalue weighted by Gasteiger charge is -2.32. The van der Waals surface area contributed by atoms with E-state index in [4.69, 9.17) is 0 Å². The van der Waals surface area contributed by atoms with Gasteiger partial charge in [0.1, 0.15) is 0 Å². The van der Waals surface area contributed by atoms with E-state index in [2.05, 4.69) is 4.99 Å². The van der Waals surface area contributed by atoms with Crippen molar-refractivity contribution >= 4 is 23.3 Å². The molecule has 28 heavy (non-hydrogen) atoms. The summed E-state index contributed by atoms with van der Waals surface area (Å²) in [6.45, 7) is 5.03. The number of aromatic nitrogens is 1. The Morgan fingerprint density at radius 1 is 1.04 bits per heavy atom. The molecule has 0 radical (unpaired) electrons. The Labute approximate surface area is 163 Å². The van der Waals surface area contributed by atoms with Gasteiger partial charge in [0.05, 0.1) is 5.56 Å². The van der Waals surface area contributed by atoms with Crippen molar-refractivity contribution in [2.24, 2.45) is 4.99 Å². The van der Waals surface area contributed by atoms with E-state index in [1.807, 2.05) is 6.92 Å². The van der Waals surface area contributed by atoms with Crippen molar-refractivity contribution in [3.63, 3.8) is 0 Å². The summed E-state index contributed by atoms with van der Waals surface area (Å²) in [4.78, 5) is 32.6. The first kappa shape index (κ1) is 20.1. The number of amides is 3. The van der Waals surface area contributed by atoms with Gasteiger partial charge in [0.15, 0.2) is 4.80 Å². The van der Waals surface area contributed by atoms with E-state index in [0.29, 0.717) is 36.7 Å². The number of nitrogens with zero attached hydrogens (tertiary/aromatic N) is 4. The van der Waals surface area contributed by atoms with Crippen molar-refractivity contribution in [1.29, 1.82) is 0 Å². The minimum atomic E-state index is -4.40. The van der Waals surface area contributed by atoms with E-state index in [1.165, 1.54) is 30.4 Å². The van der Waals surface area contributed by atoms with Gasteiger partial charge < -0.3 is 9.80 Å². The molecule has 1 aliphatic rings. The number of piperazine rings is 1. The van der Waals surface area contributed by atoms with Crippen LogP contribution in [-0.4, -0.2) is 52.5 Å². The molecule has 0 unspecified atom stereocenters. The molecule has 2 aromatic rings. The fourth-order valence-corrected chi connectivity index (χ4v) is 3.72. The molecule has 1 fully saturated rings. The monoisotopic (exact) mass is 412 g/mol. The third-order valence-electron chi connectivity index (χ3n) is 4.43. The van der Waals surface area contributed by atoms with Crippen molar-refractivity contribution < 1.29 is 22.8 Å². The predicted molar refractivity (Wildman–Crippen MR) is 98.2 cm³/mol. The molecule has 1 aliphatic heterocycles. The molecule has 1 aromatic heterocycles. The van der Waals surface area contributed by atoms with Crippen LogP contribution in [0.5, 0.6) is 0 Å². The van der Waals surface area contributed by atoms with E-state index in [-0.39, 0.29) is 5.91 Å². The molecule has 0 saturated carbocycles. The van der Waals surface area contributed by atoms with Crippen LogP contribution in [0.3, 0.4) is 0 Å². The van der Waals surface area contributed by atoms with E-state index < -0.39 is 17.8 Å². The number of carbonyl (C=O) groups excluding carboxylic acids is 2. The minimum Gasteiger partial charge on any atom is -0.339 e. The van der Waals surface area contributed by atoms with Crippen LogP contribution in [0, 0.1) is 6.92 Å². The number of rotatable bonds is 1. The van der Waals surface area contributed by atoms with Crippen LogP contribution >= 0.6 is 11.3 Å². The number of thiazole rings is 1. The van der Waals surface area contributed by atoms with Crippen molar-refractivity contribution in [1.82, 2.24) is 14.4 Å². The van der Waals surface area contributed by atoms with Crippen LogP contribution in [0.4, 0.5) is 18.0 Å². The number of alkyl halides is 3. The number of urea groups is 1. The highest BCUT2D eigenvalue weighted by Gasteiger charge is 2.30. The summed E-state index contributed by atoms with van der Waals surface area (Å²) in [6.07, 6.45) is -2.67. The van der Waals surface area contributed by atoms with Gasteiger partial charge in [-0.25, -0.2) is 4.79 Å². The van der Waals surface area contributed by atoms with Crippen LogP contribution in [0.15, 0.2) is 35.5 Å². The van der Waals surface area contributed by atoms with Gasteiger partial charge in [0, 0.05) is 49.9 Å². The molecule has 0 spiro atoms. The Kier molecular flexibility index (Phi) is 5.59. The van der Waals surface area contributed by atoms with E-state index >= 15 is 0 Å². The first-order valence-corrected chi connectivity index (χ1v) is 9.42. The molecule has 150 valence electrons. The third-order valence-corrected chi connectivity index (χ3v) is 5.33. The summed E-state index contributed by atoms with van der Waals surface area (Å²) in [6, 6.07) is 4.28. The van der Waals surface area contributed by atoms with Gasteiger partial charge in [0.2, 0.25) is 5.91 Å². The van der Waals surface area contributed by atoms with Gasteiger partial charge in [-0.3, -0.25) is 9.36 Å². The second kappa shape index (κ2) is 7.78. The quantitative estimate of drug-likeness (QED) is 0.723. The zero-order valence-corrected chi connectivity index (χ0v) is 16.2. The van der Waals surface area contributed by atoms with Crippen LogP contribution in [0.25, 0.3) is 5.69 Å². The zero-order valence-electron chi connectivity index (χ0n) is 15.4. The molecule has 1 saturated heterocycles. The summed E-state index contributed by atoms with van der Waals surface area (Å²) < 4.78 is 39.9. The van der Waals surface area contributed by atoms with E-state index in [1.54, 1.807) is 20.6 Å². The summed E-state index contributed by atoms with van der Waals surface area (Å²) in [7, 11) is 0. The molecule has 6 nitrogen and oxygen atoms in total. The van der Waals surface area contributed by atoms with E-state index in [9.17, 15) is 22.8 Å². The average Bonchev–Trinajstić information content (AvgIpc) is 3.01. The molecular weight excluding hydrogens is 393 g/mol. The lowest BCUT2D eigenvalue weighted by molar-refractivity contribution is -0.137. The lowest BCUT2D eigenvalue weighted by Crippen LogP contribution is -2.49. The van der Waals surface area contributed by atoms with Gasteiger partial charge in [-0.15, -0.1) is 11.3 Å². The number of halogens is 3. The van der Waals surface area contributed by atoms with Gasteiger partial charge in [-0.05, 0) is 31.2 Å². The van der Waals surface area contributed by atoms with E-state index in [0.717, 1.165) is 17.0 Å². The van der Waals surface area contributed by atoms with Gasteiger partial charge in [-0.1, -0.05) is 0 Å². The summed E-state index contributed by atoms with van der Waals surface area (Å²) in [5.41, 5.74) is -0.244. The second-order valence-corrected chi connectivity index (χ2v) is 7.64. The Bertz CT molecular complexity index is 939. The normalized spacial score (nSPS) is 15.8. The Hall–Kier alpha value is -2.62. The van der Waals surface area contributed by atoms with Crippen molar-refractivity contribution in [2.45, 2.75) is 20.0 Å². The first-order chi connectivity index (χ1) is 13.1. The number of carbonyl (C=O) groups is 2. The van der Waals surface area contributed by atoms with Crippen LogP contribution < -0.4 is 4.80 Å². The molecule has 3 amide bonds. The van der Waals surface area contributed by atoms with Gasteiger partial charge in [-0.2, -0.15) is 18.2 Å². The van der Waals surface area contributed by atoms with Crippen molar-refractivity contribution in [2.75, 3.05) is 26.2 Å². The van der Waals surface area contributed by atoms with Crippen LogP contribution in [-0.2, 0) is 11.0 Å². The van der Waals surface area contributed by atoms with Gasteiger partial charge in [0.25, 0.3) is 0 Å². The lowest BCUT2D eigenvalue weighted by atomic mass is 10.2. The first-order valence-electron chi connectivity index (χ1n) is 8.61. The summed E-state index contributed by atoms with van der Waals surface area (Å²) in [5, 5.41) is 0. The van der Waals surface area contributed by atoms with Gasteiger partial charge >= 0.3 is 12.2 Å². The van der Waals surface area contributed by atoms with Crippen molar-refractivity contribution in [3.05, 3.63) is 45.7 Å². The number of aryl methyl sites for hydroxylation is 1. The highest BCUT2D eigenvalue weighted by molar-refractivity contribution is 7.09. The second-order valence-electron chi connectivity index (χ2n) is 6.43. The molecule has 0 N–H and O–H groups in total. The van der Waals surface area contributed by atoms with Crippen LogP contribution in [0.1, 0.15) is 17.4 Å². The maximum Gasteiger partial charge on any atom is 0.416 e.